The van der Waals surface area contributed by atoms with Gasteiger partial charge in [0.15, 0.2) is 5.69 Å². The number of amides is 1. The third-order valence-corrected chi connectivity index (χ3v) is 3.19. The molecule has 2 aromatic heterocycles. The average Bonchev–Trinajstić information content (AvgIpc) is 2.96. The van der Waals surface area contributed by atoms with Gasteiger partial charge >= 0.3 is 0 Å². The van der Waals surface area contributed by atoms with Crippen LogP contribution in [0.5, 0.6) is 0 Å². The Hall–Kier alpha value is -2.83. The van der Waals surface area contributed by atoms with E-state index in [1.807, 2.05) is 6.92 Å². The molecule has 0 aliphatic carbocycles. The smallest absolute Gasteiger partial charge is 0.279 e. The summed E-state index contributed by atoms with van der Waals surface area (Å²) in [6.45, 7) is 3.63. The zero-order valence-electron chi connectivity index (χ0n) is 11.0. The predicted molar refractivity (Wildman–Crippen MR) is 74.4 cm³/mol. The van der Waals surface area contributed by atoms with E-state index < -0.39 is 0 Å². The first-order chi connectivity index (χ1) is 9.56. The van der Waals surface area contributed by atoms with Crippen LogP contribution in [0, 0.1) is 13.8 Å². The van der Waals surface area contributed by atoms with E-state index in [4.69, 9.17) is 10.3 Å². The summed E-state index contributed by atoms with van der Waals surface area (Å²) in [5.74, 6) is -0.0475. The maximum atomic E-state index is 12.2. The molecule has 102 valence electrons. The summed E-state index contributed by atoms with van der Waals surface area (Å²) in [6.07, 6.45) is 0. The minimum atomic E-state index is -0.374. The minimum absolute atomic E-state index is 0.265. The predicted octanol–water partition coefficient (Wildman–Crippen LogP) is 2.00. The Labute approximate surface area is 114 Å². The van der Waals surface area contributed by atoms with Crippen LogP contribution in [0.2, 0.25) is 0 Å². The number of H-pyrrole nitrogens is 1. The molecule has 0 unspecified atom stereocenters. The number of hydrogen-bond acceptors (Lipinski definition) is 5. The van der Waals surface area contributed by atoms with Crippen LogP contribution < -0.4 is 11.1 Å². The number of nitrogen functional groups attached to an aromatic ring is 1. The van der Waals surface area contributed by atoms with Crippen molar-refractivity contribution in [2.75, 3.05) is 11.1 Å². The summed E-state index contributed by atoms with van der Waals surface area (Å²) in [5.41, 5.74) is 8.83. The van der Waals surface area contributed by atoms with Gasteiger partial charge in [0.05, 0.1) is 11.2 Å². The van der Waals surface area contributed by atoms with Gasteiger partial charge in [0, 0.05) is 16.6 Å². The zero-order valence-corrected chi connectivity index (χ0v) is 11.0. The minimum Gasteiger partial charge on any atom is -0.399 e. The van der Waals surface area contributed by atoms with E-state index in [0.29, 0.717) is 17.0 Å². The molecule has 0 aliphatic heterocycles. The largest absolute Gasteiger partial charge is 0.399 e. The van der Waals surface area contributed by atoms with E-state index in [0.717, 1.165) is 16.8 Å². The fourth-order valence-electron chi connectivity index (χ4n) is 1.90. The molecule has 0 saturated heterocycles. The summed E-state index contributed by atoms with van der Waals surface area (Å²) >= 11 is 0. The van der Waals surface area contributed by atoms with Gasteiger partial charge in [-0.1, -0.05) is 5.16 Å². The maximum absolute atomic E-state index is 12.2. The fourth-order valence-corrected chi connectivity index (χ4v) is 1.90. The van der Waals surface area contributed by atoms with Crippen LogP contribution in [0.25, 0.3) is 10.9 Å². The molecule has 2 heterocycles. The summed E-state index contributed by atoms with van der Waals surface area (Å²) in [4.78, 5) is 12.2. The molecule has 1 aromatic carbocycles. The highest BCUT2D eigenvalue weighted by molar-refractivity contribution is 6.11. The highest BCUT2D eigenvalue weighted by atomic mass is 16.5. The van der Waals surface area contributed by atoms with Crippen molar-refractivity contribution in [3.05, 3.63) is 35.2 Å². The van der Waals surface area contributed by atoms with E-state index >= 15 is 0 Å². The Morgan fingerprint density at radius 2 is 2.20 bits per heavy atom. The monoisotopic (exact) mass is 271 g/mol. The van der Waals surface area contributed by atoms with Gasteiger partial charge in [-0.05, 0) is 32.0 Å². The normalized spacial score (nSPS) is 10.9. The molecule has 0 atom stereocenters. The number of benzene rings is 1. The third-order valence-electron chi connectivity index (χ3n) is 3.19. The first-order valence-electron chi connectivity index (χ1n) is 6.04. The lowest BCUT2D eigenvalue weighted by Crippen LogP contribution is -2.13. The summed E-state index contributed by atoms with van der Waals surface area (Å²) in [7, 11) is 0. The van der Waals surface area contributed by atoms with Crippen molar-refractivity contribution >= 4 is 28.4 Å². The lowest BCUT2D eigenvalue weighted by atomic mass is 10.2. The second-order valence-corrected chi connectivity index (χ2v) is 4.55. The topological polar surface area (TPSA) is 110 Å². The van der Waals surface area contributed by atoms with Crippen molar-refractivity contribution < 1.29 is 9.32 Å². The molecular weight excluding hydrogens is 258 g/mol. The Bertz CT molecular complexity index is 802. The number of aryl methyl sites for hydroxylation is 1. The number of carbonyl (C=O) groups is 1. The molecule has 0 aliphatic rings. The molecule has 0 bridgehead atoms. The summed E-state index contributed by atoms with van der Waals surface area (Å²) in [5, 5.41) is 13.9. The first kappa shape index (κ1) is 12.2. The van der Waals surface area contributed by atoms with Gasteiger partial charge in [-0.3, -0.25) is 15.2 Å². The van der Waals surface area contributed by atoms with Gasteiger partial charge in [0.25, 0.3) is 5.91 Å². The fraction of sp³-hybridized carbons (Fsp3) is 0.154. The maximum Gasteiger partial charge on any atom is 0.279 e. The molecule has 3 aromatic rings. The van der Waals surface area contributed by atoms with Gasteiger partial charge in [-0.25, -0.2) is 0 Å². The van der Waals surface area contributed by atoms with Crippen LogP contribution >= 0.6 is 0 Å². The lowest BCUT2D eigenvalue weighted by Gasteiger charge is -2.00. The lowest BCUT2D eigenvalue weighted by molar-refractivity contribution is 0.102. The average molecular weight is 271 g/mol. The quantitative estimate of drug-likeness (QED) is 0.617. The van der Waals surface area contributed by atoms with Gasteiger partial charge in [-0.2, -0.15) is 5.10 Å². The molecule has 0 spiro atoms. The highest BCUT2D eigenvalue weighted by Crippen LogP contribution is 2.22. The number of anilines is 2. The molecule has 1 amide bonds. The second-order valence-electron chi connectivity index (χ2n) is 4.55. The summed E-state index contributed by atoms with van der Waals surface area (Å²) < 4.78 is 5.05. The van der Waals surface area contributed by atoms with Crippen molar-refractivity contribution in [3.8, 4) is 0 Å². The Morgan fingerprint density at radius 1 is 1.40 bits per heavy atom. The third kappa shape index (κ3) is 1.89. The highest BCUT2D eigenvalue weighted by Gasteiger charge is 2.18. The molecular formula is C13H13N5O2. The summed E-state index contributed by atoms with van der Waals surface area (Å²) in [6, 6.07) is 5.22. The van der Waals surface area contributed by atoms with E-state index in [1.54, 1.807) is 25.1 Å². The van der Waals surface area contributed by atoms with Crippen LogP contribution in [0.3, 0.4) is 0 Å². The van der Waals surface area contributed by atoms with Gasteiger partial charge in [0.1, 0.15) is 0 Å². The van der Waals surface area contributed by atoms with Crippen LogP contribution in [0.1, 0.15) is 21.7 Å². The van der Waals surface area contributed by atoms with Gasteiger partial charge in [-0.15, -0.1) is 0 Å². The van der Waals surface area contributed by atoms with Crippen molar-refractivity contribution in [1.29, 1.82) is 0 Å². The van der Waals surface area contributed by atoms with Crippen molar-refractivity contribution in [2.24, 2.45) is 0 Å². The Kier molecular flexibility index (Phi) is 2.67. The molecule has 20 heavy (non-hydrogen) atoms. The molecule has 7 heteroatoms. The standard InChI is InChI=1S/C13H13N5O2/c1-6-7(2)18-20-13(6)15-12(19)11-9-5-8(14)3-4-10(9)16-17-11/h3-5H,14H2,1-2H3,(H,15,19)(H,16,17). The Morgan fingerprint density at radius 3 is 2.90 bits per heavy atom. The van der Waals surface area contributed by atoms with E-state index in [1.165, 1.54) is 0 Å². The number of aromatic nitrogens is 3. The Balaban J connectivity index is 1.97. The molecule has 0 radical (unpaired) electrons. The number of carbonyl (C=O) groups excluding carboxylic acids is 1. The van der Waals surface area contributed by atoms with Crippen LogP contribution in [-0.4, -0.2) is 21.3 Å². The zero-order chi connectivity index (χ0) is 14.3. The SMILES string of the molecule is Cc1noc(NC(=O)c2n[nH]c3ccc(N)cc23)c1C. The molecule has 0 saturated carbocycles. The number of hydrogen-bond donors (Lipinski definition) is 3. The van der Waals surface area contributed by atoms with Gasteiger partial charge < -0.3 is 10.3 Å². The van der Waals surface area contributed by atoms with E-state index in [2.05, 4.69) is 20.7 Å². The van der Waals surface area contributed by atoms with Crippen LogP contribution in [-0.2, 0) is 0 Å². The van der Waals surface area contributed by atoms with Crippen molar-refractivity contribution in [3.63, 3.8) is 0 Å². The van der Waals surface area contributed by atoms with E-state index in [9.17, 15) is 4.79 Å². The van der Waals surface area contributed by atoms with Crippen LogP contribution in [0.15, 0.2) is 22.7 Å². The number of nitrogens with zero attached hydrogens (tertiary/aromatic N) is 2. The van der Waals surface area contributed by atoms with Crippen LogP contribution in [0.4, 0.5) is 11.6 Å². The number of nitrogens with two attached hydrogens (primary N) is 1. The second kappa shape index (κ2) is 4.37. The molecule has 7 nitrogen and oxygen atoms in total. The van der Waals surface area contributed by atoms with Gasteiger partial charge in [0.2, 0.25) is 5.88 Å². The molecule has 0 fully saturated rings. The number of fused-ring (bicyclic) bond motifs is 1. The van der Waals surface area contributed by atoms with E-state index in [-0.39, 0.29) is 11.6 Å². The van der Waals surface area contributed by atoms with Crippen molar-refractivity contribution in [2.45, 2.75) is 13.8 Å². The van der Waals surface area contributed by atoms with Crippen molar-refractivity contribution in [1.82, 2.24) is 15.4 Å². The molecule has 3 rings (SSSR count). The number of aromatic amines is 1. The first-order valence-corrected chi connectivity index (χ1v) is 6.04. The number of rotatable bonds is 2. The number of nitrogens with one attached hydrogen (secondary N) is 2. The molecule has 4 N–H and O–H groups in total.